The second kappa shape index (κ2) is 9.76. The molecule has 0 saturated carbocycles. The maximum atomic E-state index is 6.12. The van der Waals surface area contributed by atoms with Crippen molar-refractivity contribution in [2.75, 3.05) is 27.3 Å². The Kier molecular flexibility index (Phi) is 8.37. The van der Waals surface area contributed by atoms with E-state index in [1.54, 1.807) is 14.2 Å². The van der Waals surface area contributed by atoms with E-state index in [2.05, 4.69) is 9.89 Å². The minimum atomic E-state index is 0. The lowest BCUT2D eigenvalue weighted by molar-refractivity contribution is 0.391. The van der Waals surface area contributed by atoms with Gasteiger partial charge in [0.2, 0.25) is 0 Å². The molecule has 5 nitrogen and oxygen atoms in total. The molecule has 6 heteroatoms. The third kappa shape index (κ3) is 5.23. The Bertz CT molecular complexity index is 486. The summed E-state index contributed by atoms with van der Waals surface area (Å²) in [5, 5.41) is 0. The van der Waals surface area contributed by atoms with E-state index in [0.717, 1.165) is 30.2 Å². The van der Waals surface area contributed by atoms with Crippen LogP contribution in [0.5, 0.6) is 11.5 Å². The van der Waals surface area contributed by atoms with Gasteiger partial charge in [0.15, 0.2) is 5.96 Å². The number of rotatable bonds is 4. The van der Waals surface area contributed by atoms with Gasteiger partial charge in [-0.1, -0.05) is 12.8 Å². The number of methoxy groups -OCH3 is 2. The first kappa shape index (κ1) is 18.9. The number of ether oxygens (including phenoxy) is 2. The molecule has 0 bridgehead atoms. The summed E-state index contributed by atoms with van der Waals surface area (Å²) < 4.78 is 10.6. The molecule has 1 aromatic rings. The van der Waals surface area contributed by atoms with Crippen LogP contribution in [0.2, 0.25) is 0 Å². The summed E-state index contributed by atoms with van der Waals surface area (Å²) in [4.78, 5) is 6.71. The van der Waals surface area contributed by atoms with Gasteiger partial charge in [-0.3, -0.25) is 0 Å². The monoisotopic (exact) mass is 419 g/mol. The predicted octanol–water partition coefficient (Wildman–Crippen LogP) is 3.01. The van der Waals surface area contributed by atoms with Gasteiger partial charge in [0.1, 0.15) is 11.5 Å². The third-order valence-electron chi connectivity index (χ3n) is 3.84. The summed E-state index contributed by atoms with van der Waals surface area (Å²) in [5.74, 6) is 2.19. The number of guanidine groups is 1. The van der Waals surface area contributed by atoms with Gasteiger partial charge >= 0.3 is 0 Å². The molecule has 1 saturated heterocycles. The van der Waals surface area contributed by atoms with E-state index in [1.807, 2.05) is 18.2 Å². The molecule has 1 aliphatic heterocycles. The fourth-order valence-corrected chi connectivity index (χ4v) is 2.55. The largest absolute Gasteiger partial charge is 0.497 e. The van der Waals surface area contributed by atoms with E-state index in [4.69, 9.17) is 15.2 Å². The van der Waals surface area contributed by atoms with Crippen molar-refractivity contribution >= 4 is 29.9 Å². The van der Waals surface area contributed by atoms with Crippen LogP contribution in [0.3, 0.4) is 0 Å². The Labute approximate surface area is 149 Å². The van der Waals surface area contributed by atoms with Crippen molar-refractivity contribution in [1.82, 2.24) is 4.90 Å². The van der Waals surface area contributed by atoms with Crippen LogP contribution in [0.4, 0.5) is 0 Å². The van der Waals surface area contributed by atoms with Crippen LogP contribution < -0.4 is 15.2 Å². The molecule has 0 aromatic heterocycles. The quantitative estimate of drug-likeness (QED) is 0.463. The zero-order valence-electron chi connectivity index (χ0n) is 13.4. The molecule has 1 heterocycles. The Morgan fingerprint density at radius 2 is 1.82 bits per heavy atom. The highest BCUT2D eigenvalue weighted by atomic mass is 127. The lowest BCUT2D eigenvalue weighted by Gasteiger charge is -2.21. The molecule has 0 atom stereocenters. The zero-order chi connectivity index (χ0) is 15.1. The molecule has 2 N–H and O–H groups in total. The first-order chi connectivity index (χ1) is 10.2. The van der Waals surface area contributed by atoms with Crippen molar-refractivity contribution in [3.8, 4) is 11.5 Å². The second-order valence-electron chi connectivity index (χ2n) is 5.25. The van der Waals surface area contributed by atoms with Crippen molar-refractivity contribution in [2.24, 2.45) is 10.7 Å². The zero-order valence-corrected chi connectivity index (χ0v) is 15.7. The molecular weight excluding hydrogens is 393 g/mol. The molecule has 1 fully saturated rings. The molecule has 2 rings (SSSR count). The number of halogens is 1. The van der Waals surface area contributed by atoms with E-state index in [9.17, 15) is 0 Å². The Morgan fingerprint density at radius 3 is 2.41 bits per heavy atom. The average Bonchev–Trinajstić information content (AvgIpc) is 2.81. The number of hydrogen-bond donors (Lipinski definition) is 1. The van der Waals surface area contributed by atoms with Crippen LogP contribution in [0.15, 0.2) is 23.2 Å². The fourth-order valence-electron chi connectivity index (χ4n) is 2.55. The maximum absolute atomic E-state index is 6.12. The SMILES string of the molecule is COc1ccc(CN=C(N)N2CCCCCC2)c(OC)c1.I. The second-order valence-corrected chi connectivity index (χ2v) is 5.25. The molecule has 0 spiro atoms. The predicted molar refractivity (Wildman–Crippen MR) is 100 cm³/mol. The van der Waals surface area contributed by atoms with E-state index in [0.29, 0.717) is 12.5 Å². The van der Waals surface area contributed by atoms with Gasteiger partial charge in [-0.2, -0.15) is 0 Å². The number of aliphatic imine (C=N–C) groups is 1. The fraction of sp³-hybridized carbons (Fsp3) is 0.562. The van der Waals surface area contributed by atoms with E-state index in [-0.39, 0.29) is 24.0 Å². The minimum absolute atomic E-state index is 0. The van der Waals surface area contributed by atoms with Crippen LogP contribution in [0, 0.1) is 0 Å². The van der Waals surface area contributed by atoms with Crippen molar-refractivity contribution in [3.63, 3.8) is 0 Å². The minimum Gasteiger partial charge on any atom is -0.497 e. The van der Waals surface area contributed by atoms with E-state index in [1.165, 1.54) is 25.7 Å². The smallest absolute Gasteiger partial charge is 0.191 e. The molecule has 0 aliphatic carbocycles. The molecule has 1 aliphatic rings. The van der Waals surface area contributed by atoms with Crippen molar-refractivity contribution in [3.05, 3.63) is 23.8 Å². The van der Waals surface area contributed by atoms with Crippen LogP contribution in [0.1, 0.15) is 31.2 Å². The summed E-state index contributed by atoms with van der Waals surface area (Å²) in [7, 11) is 3.30. The van der Waals surface area contributed by atoms with Crippen LogP contribution in [-0.2, 0) is 6.54 Å². The van der Waals surface area contributed by atoms with Gasteiger partial charge in [-0.05, 0) is 25.0 Å². The van der Waals surface area contributed by atoms with E-state index < -0.39 is 0 Å². The molecule has 0 amide bonds. The lowest BCUT2D eigenvalue weighted by atomic mass is 10.2. The normalized spacial score (nSPS) is 15.7. The van der Waals surface area contributed by atoms with Crippen molar-refractivity contribution in [1.29, 1.82) is 0 Å². The van der Waals surface area contributed by atoms with Crippen LogP contribution >= 0.6 is 24.0 Å². The topological polar surface area (TPSA) is 60.1 Å². The van der Waals surface area contributed by atoms with Crippen LogP contribution in [0.25, 0.3) is 0 Å². The Morgan fingerprint density at radius 1 is 1.14 bits per heavy atom. The summed E-state index contributed by atoms with van der Waals surface area (Å²) in [5.41, 5.74) is 7.13. The van der Waals surface area contributed by atoms with Gasteiger partial charge in [0.05, 0.1) is 20.8 Å². The Balaban J connectivity index is 0.00000242. The van der Waals surface area contributed by atoms with Gasteiger partial charge < -0.3 is 20.1 Å². The van der Waals surface area contributed by atoms with Crippen LogP contribution in [-0.4, -0.2) is 38.2 Å². The summed E-state index contributed by atoms with van der Waals surface area (Å²) in [6.45, 7) is 2.54. The molecular formula is C16H26IN3O2. The number of nitrogens with zero attached hydrogens (tertiary/aromatic N) is 2. The third-order valence-corrected chi connectivity index (χ3v) is 3.84. The van der Waals surface area contributed by atoms with Gasteiger partial charge in [0.25, 0.3) is 0 Å². The maximum Gasteiger partial charge on any atom is 0.191 e. The van der Waals surface area contributed by atoms with Crippen molar-refractivity contribution < 1.29 is 9.47 Å². The molecule has 124 valence electrons. The highest BCUT2D eigenvalue weighted by Crippen LogP contribution is 2.25. The number of nitrogens with two attached hydrogens (primary N) is 1. The molecule has 0 radical (unpaired) electrons. The average molecular weight is 419 g/mol. The molecule has 1 aromatic carbocycles. The van der Waals surface area contributed by atoms with Gasteiger partial charge in [-0.25, -0.2) is 4.99 Å². The highest BCUT2D eigenvalue weighted by Gasteiger charge is 2.11. The summed E-state index contributed by atoms with van der Waals surface area (Å²) >= 11 is 0. The number of benzene rings is 1. The lowest BCUT2D eigenvalue weighted by Crippen LogP contribution is -2.38. The highest BCUT2D eigenvalue weighted by molar-refractivity contribution is 14.0. The standard InChI is InChI=1S/C16H25N3O2.HI/c1-20-14-8-7-13(15(11-14)21-2)12-18-16(17)19-9-5-3-4-6-10-19;/h7-8,11H,3-6,9-10,12H2,1-2H3,(H2,17,18);1H. The first-order valence-corrected chi connectivity index (χ1v) is 7.50. The first-order valence-electron chi connectivity index (χ1n) is 7.50. The summed E-state index contributed by atoms with van der Waals surface area (Å²) in [6, 6.07) is 5.75. The van der Waals surface area contributed by atoms with E-state index >= 15 is 0 Å². The number of hydrogen-bond acceptors (Lipinski definition) is 3. The number of likely N-dealkylation sites (tertiary alicyclic amines) is 1. The van der Waals surface area contributed by atoms with Gasteiger partial charge in [0, 0.05) is 24.7 Å². The summed E-state index contributed by atoms with van der Waals surface area (Å²) in [6.07, 6.45) is 4.97. The molecule has 22 heavy (non-hydrogen) atoms. The van der Waals surface area contributed by atoms with Gasteiger partial charge in [-0.15, -0.1) is 24.0 Å². The van der Waals surface area contributed by atoms with Crippen molar-refractivity contribution in [2.45, 2.75) is 32.2 Å². The Hall–Kier alpha value is -1.18. The molecule has 0 unspecified atom stereocenters.